The van der Waals surface area contributed by atoms with E-state index in [1.165, 1.54) is 69.8 Å². The fourth-order valence-electron chi connectivity index (χ4n) is 8.09. The van der Waals surface area contributed by atoms with Gasteiger partial charge in [-0.25, -0.2) is 0 Å². The van der Waals surface area contributed by atoms with Crippen molar-refractivity contribution in [3.63, 3.8) is 0 Å². The van der Waals surface area contributed by atoms with Crippen LogP contribution >= 0.6 is 0 Å². The molecule has 3 saturated carbocycles. The Kier molecular flexibility index (Phi) is 5.36. The van der Waals surface area contributed by atoms with Crippen molar-refractivity contribution in [2.75, 3.05) is 0 Å². The van der Waals surface area contributed by atoms with Gasteiger partial charge in [-0.2, -0.15) is 0 Å². The first-order valence-electron chi connectivity index (χ1n) is 12.1. The van der Waals surface area contributed by atoms with Crippen LogP contribution in [0.1, 0.15) is 105 Å². The number of fused-ring (bicyclic) bond motifs is 5. The maximum absolute atomic E-state index is 12.0. The highest BCUT2D eigenvalue weighted by molar-refractivity contribution is 5.91. The molecule has 0 N–H and O–H groups in total. The number of carbonyl (C=O) groups is 1. The SMILES string of the molecule is CC(C)CCCC[C@@H]1CC[C@@H]2[C@H]3CCC4=CC(=O)CC[C@]4(C)[C@@H]3CC[C@@]12C. The molecule has 0 aliphatic heterocycles. The van der Waals surface area contributed by atoms with Crippen LogP contribution in [0.5, 0.6) is 0 Å². The van der Waals surface area contributed by atoms with Crippen LogP contribution in [0.4, 0.5) is 0 Å². The van der Waals surface area contributed by atoms with E-state index in [2.05, 4.69) is 33.8 Å². The van der Waals surface area contributed by atoms with Gasteiger partial charge in [0, 0.05) is 6.42 Å². The normalized spacial score (nSPS) is 43.9. The highest BCUT2D eigenvalue weighted by Gasteiger charge is 2.58. The number of unbranched alkanes of at least 4 members (excludes halogenated alkanes) is 1. The van der Waals surface area contributed by atoms with Gasteiger partial charge >= 0.3 is 0 Å². The minimum Gasteiger partial charge on any atom is -0.295 e. The maximum Gasteiger partial charge on any atom is 0.155 e. The quantitative estimate of drug-likeness (QED) is 0.462. The molecule has 152 valence electrons. The van der Waals surface area contributed by atoms with Crippen molar-refractivity contribution in [1.29, 1.82) is 0 Å². The number of rotatable bonds is 5. The van der Waals surface area contributed by atoms with Crippen molar-refractivity contribution in [1.82, 2.24) is 0 Å². The zero-order chi connectivity index (χ0) is 19.2. The number of carbonyl (C=O) groups excluding carboxylic acids is 1. The molecule has 4 aliphatic rings. The molecule has 0 saturated heterocycles. The first kappa shape index (κ1) is 19.7. The van der Waals surface area contributed by atoms with E-state index in [1.54, 1.807) is 0 Å². The minimum absolute atomic E-state index is 0.341. The van der Waals surface area contributed by atoms with Crippen LogP contribution in [-0.4, -0.2) is 5.78 Å². The van der Waals surface area contributed by atoms with E-state index in [4.69, 9.17) is 0 Å². The Morgan fingerprint density at radius 1 is 1.00 bits per heavy atom. The predicted molar refractivity (Wildman–Crippen MR) is 114 cm³/mol. The summed E-state index contributed by atoms with van der Waals surface area (Å²) >= 11 is 0. The third-order valence-corrected chi connectivity index (χ3v) is 9.74. The number of hydrogen-bond donors (Lipinski definition) is 0. The van der Waals surface area contributed by atoms with Crippen LogP contribution < -0.4 is 0 Å². The second kappa shape index (κ2) is 7.34. The van der Waals surface area contributed by atoms with Crippen LogP contribution in [0.15, 0.2) is 11.6 Å². The summed E-state index contributed by atoms with van der Waals surface area (Å²) in [5.74, 6) is 4.97. The van der Waals surface area contributed by atoms with E-state index >= 15 is 0 Å². The first-order valence-corrected chi connectivity index (χ1v) is 12.1. The lowest BCUT2D eigenvalue weighted by Crippen LogP contribution is -2.50. The highest BCUT2D eigenvalue weighted by Crippen LogP contribution is 2.67. The molecule has 0 amide bonds. The zero-order valence-corrected chi connectivity index (χ0v) is 18.4. The molecule has 0 aromatic carbocycles. The van der Waals surface area contributed by atoms with Gasteiger partial charge in [0.2, 0.25) is 0 Å². The monoisotopic (exact) mass is 370 g/mol. The van der Waals surface area contributed by atoms with Crippen molar-refractivity contribution in [3.05, 3.63) is 11.6 Å². The van der Waals surface area contributed by atoms with Gasteiger partial charge in [-0.1, -0.05) is 52.5 Å². The summed E-state index contributed by atoms with van der Waals surface area (Å²) in [6.07, 6.45) is 18.2. The Morgan fingerprint density at radius 3 is 2.59 bits per heavy atom. The van der Waals surface area contributed by atoms with Gasteiger partial charge in [-0.3, -0.25) is 4.79 Å². The minimum atomic E-state index is 0.341. The molecular formula is C26H42O. The van der Waals surface area contributed by atoms with E-state index in [0.29, 0.717) is 16.6 Å². The third kappa shape index (κ3) is 3.36. The van der Waals surface area contributed by atoms with Crippen molar-refractivity contribution in [3.8, 4) is 0 Å². The van der Waals surface area contributed by atoms with Gasteiger partial charge in [0.1, 0.15) is 0 Å². The summed E-state index contributed by atoms with van der Waals surface area (Å²) in [6, 6.07) is 0. The largest absolute Gasteiger partial charge is 0.295 e. The molecule has 1 heteroatoms. The molecule has 27 heavy (non-hydrogen) atoms. The van der Waals surface area contributed by atoms with Gasteiger partial charge < -0.3 is 0 Å². The van der Waals surface area contributed by atoms with E-state index in [-0.39, 0.29) is 0 Å². The molecule has 0 aromatic heterocycles. The summed E-state index contributed by atoms with van der Waals surface area (Å²) in [7, 11) is 0. The molecule has 3 fully saturated rings. The average molecular weight is 371 g/mol. The Balaban J connectivity index is 1.46. The molecule has 0 aromatic rings. The van der Waals surface area contributed by atoms with Crippen LogP contribution in [0.2, 0.25) is 0 Å². The maximum atomic E-state index is 12.0. The summed E-state index contributed by atoms with van der Waals surface area (Å²) in [5.41, 5.74) is 2.47. The molecule has 0 spiro atoms. The Labute approximate surface area is 167 Å². The fraction of sp³-hybridized carbons (Fsp3) is 0.885. The molecular weight excluding hydrogens is 328 g/mol. The van der Waals surface area contributed by atoms with E-state index in [1.807, 2.05) is 0 Å². The molecule has 6 atom stereocenters. The second-order valence-electron chi connectivity index (χ2n) is 11.5. The highest BCUT2D eigenvalue weighted by atomic mass is 16.1. The second-order valence-corrected chi connectivity index (χ2v) is 11.5. The van der Waals surface area contributed by atoms with Gasteiger partial charge in [0.25, 0.3) is 0 Å². The van der Waals surface area contributed by atoms with Crippen molar-refractivity contribution in [2.24, 2.45) is 40.4 Å². The molecule has 0 heterocycles. The van der Waals surface area contributed by atoms with Gasteiger partial charge in [-0.05, 0) is 97.9 Å². The number of hydrogen-bond acceptors (Lipinski definition) is 1. The summed E-state index contributed by atoms with van der Waals surface area (Å²) in [6.45, 7) is 9.91. The summed E-state index contributed by atoms with van der Waals surface area (Å²) in [4.78, 5) is 12.0. The van der Waals surface area contributed by atoms with Crippen molar-refractivity contribution in [2.45, 2.75) is 105 Å². The fourth-order valence-corrected chi connectivity index (χ4v) is 8.09. The zero-order valence-electron chi connectivity index (χ0n) is 18.4. The lowest BCUT2D eigenvalue weighted by atomic mass is 9.46. The van der Waals surface area contributed by atoms with Crippen molar-refractivity contribution >= 4 is 5.78 Å². The molecule has 0 bridgehead atoms. The standard InChI is InChI=1S/C26H42O/c1-18(2)7-5-6-8-19-10-12-23-22-11-9-20-17-21(27)13-15-26(20,4)24(22)14-16-25(19,23)3/h17-19,22-24H,5-16H2,1-4H3/t19-,22-,23-,24-,25+,26+/m1/s1. The van der Waals surface area contributed by atoms with Gasteiger partial charge in [-0.15, -0.1) is 0 Å². The number of ketones is 1. The predicted octanol–water partition coefficient (Wildman–Crippen LogP) is 7.35. The van der Waals surface area contributed by atoms with E-state index < -0.39 is 0 Å². The van der Waals surface area contributed by atoms with Crippen LogP contribution in [0.3, 0.4) is 0 Å². The van der Waals surface area contributed by atoms with Crippen LogP contribution in [0.25, 0.3) is 0 Å². The van der Waals surface area contributed by atoms with E-state index in [9.17, 15) is 4.79 Å². The summed E-state index contributed by atoms with van der Waals surface area (Å²) in [5, 5.41) is 0. The Morgan fingerprint density at radius 2 is 1.81 bits per heavy atom. The van der Waals surface area contributed by atoms with Crippen LogP contribution in [0, 0.1) is 40.4 Å². The Hall–Kier alpha value is -0.590. The topological polar surface area (TPSA) is 17.1 Å². The summed E-state index contributed by atoms with van der Waals surface area (Å²) < 4.78 is 0. The Bertz CT molecular complexity index is 601. The molecule has 4 rings (SSSR count). The van der Waals surface area contributed by atoms with E-state index in [0.717, 1.165) is 42.4 Å². The van der Waals surface area contributed by atoms with Gasteiger partial charge in [0.05, 0.1) is 0 Å². The molecule has 1 nitrogen and oxygen atoms in total. The number of allylic oxidation sites excluding steroid dienone is 1. The first-order chi connectivity index (χ1) is 12.8. The lowest BCUT2D eigenvalue weighted by molar-refractivity contribution is -0.117. The third-order valence-electron chi connectivity index (χ3n) is 9.74. The van der Waals surface area contributed by atoms with Gasteiger partial charge in [0.15, 0.2) is 5.78 Å². The average Bonchev–Trinajstić information content (AvgIpc) is 2.96. The molecule has 4 aliphatic carbocycles. The van der Waals surface area contributed by atoms with Crippen LogP contribution in [-0.2, 0) is 4.79 Å². The molecule has 0 radical (unpaired) electrons. The lowest BCUT2D eigenvalue weighted by Gasteiger charge is -2.58. The smallest absolute Gasteiger partial charge is 0.155 e. The molecule has 0 unspecified atom stereocenters. The van der Waals surface area contributed by atoms with Crippen molar-refractivity contribution < 1.29 is 4.79 Å².